The Kier molecular flexibility index (Phi) is 6.39. The topological polar surface area (TPSA) is 3.24 Å². The van der Waals surface area contributed by atoms with Crippen molar-refractivity contribution in [3.8, 4) is 11.1 Å². The van der Waals surface area contributed by atoms with Crippen molar-refractivity contribution in [2.75, 3.05) is 19.0 Å². The van der Waals surface area contributed by atoms with Gasteiger partial charge in [0.1, 0.15) is 0 Å². The summed E-state index contributed by atoms with van der Waals surface area (Å²) in [5.74, 6) is 0. The van der Waals surface area contributed by atoms with Crippen LogP contribution < -0.4 is 8.17 Å². The van der Waals surface area contributed by atoms with Crippen LogP contribution >= 0.6 is 0 Å². The molecule has 0 amide bonds. The molecule has 2 heteroatoms. The average molecular weight is 589 g/mol. The summed E-state index contributed by atoms with van der Waals surface area (Å²) in [4.78, 5) is 2.30. The third kappa shape index (κ3) is 4.03. The molecule has 0 N–H and O–H groups in total. The SMILES string of the molecule is CC1=C(C)C[C]([Zr]([CH3])([CH3])(=[C](c2ccccc2)c2ccccc2)[c]2ccc(N(C)C)c3c2Cc2ccccc2-3)=C1. The molecule has 2 aliphatic carbocycles. The van der Waals surface area contributed by atoms with Gasteiger partial charge in [-0.25, -0.2) is 0 Å². The summed E-state index contributed by atoms with van der Waals surface area (Å²) in [7, 11) is 4.37. The number of nitrogens with zero attached hydrogens (tertiary/aromatic N) is 1. The molecular weight excluding hydrogens is 550 g/mol. The zero-order chi connectivity index (χ0) is 27.4. The number of hydrogen-bond acceptors (Lipinski definition) is 1. The second-order valence-electron chi connectivity index (χ2n) is 12.5. The van der Waals surface area contributed by atoms with E-state index in [1.807, 2.05) is 0 Å². The van der Waals surface area contributed by atoms with E-state index >= 15 is 0 Å². The van der Waals surface area contributed by atoms with Crippen molar-refractivity contribution in [2.45, 2.75) is 36.0 Å². The van der Waals surface area contributed by atoms with E-state index in [1.165, 1.54) is 44.7 Å². The van der Waals surface area contributed by atoms with Crippen LogP contribution in [0.2, 0.25) is 9.26 Å². The van der Waals surface area contributed by atoms with Crippen LogP contribution in [0.1, 0.15) is 42.5 Å². The average Bonchev–Trinajstić information content (AvgIpc) is 3.49. The van der Waals surface area contributed by atoms with Crippen LogP contribution in [0.15, 0.2) is 118 Å². The van der Waals surface area contributed by atoms with Gasteiger partial charge in [-0.3, -0.25) is 0 Å². The monoisotopic (exact) mass is 587 g/mol. The summed E-state index contributed by atoms with van der Waals surface area (Å²) in [6, 6.07) is 36.5. The predicted molar refractivity (Wildman–Crippen MR) is 168 cm³/mol. The Morgan fingerprint density at radius 2 is 1.28 bits per heavy atom. The molecule has 0 bridgehead atoms. The Bertz CT molecular complexity index is 1690. The first-order valence-corrected chi connectivity index (χ1v) is 22.8. The van der Waals surface area contributed by atoms with Crippen LogP contribution in [-0.2, 0) is 24.7 Å². The van der Waals surface area contributed by atoms with Gasteiger partial charge < -0.3 is 0 Å². The fraction of sp³-hybridized carbons (Fsp3) is 0.216. The van der Waals surface area contributed by atoms with Gasteiger partial charge in [-0.05, 0) is 0 Å². The second kappa shape index (κ2) is 9.53. The zero-order valence-electron chi connectivity index (χ0n) is 24.2. The number of benzene rings is 4. The first kappa shape index (κ1) is 26.2. The van der Waals surface area contributed by atoms with Crippen LogP contribution in [0.3, 0.4) is 0 Å². The number of hydrogen-bond donors (Lipinski definition) is 0. The Hall–Kier alpha value is -3.09. The number of fused-ring (bicyclic) bond motifs is 3. The van der Waals surface area contributed by atoms with Crippen LogP contribution in [0.4, 0.5) is 5.69 Å². The van der Waals surface area contributed by atoms with Crippen molar-refractivity contribution in [1.82, 2.24) is 0 Å². The summed E-state index contributed by atoms with van der Waals surface area (Å²) in [5.41, 5.74) is 12.9. The molecule has 0 heterocycles. The van der Waals surface area contributed by atoms with Crippen molar-refractivity contribution >= 4 is 12.2 Å². The van der Waals surface area contributed by atoms with Gasteiger partial charge in [-0.15, -0.1) is 0 Å². The quantitative estimate of drug-likeness (QED) is 0.199. The number of anilines is 1. The predicted octanol–water partition coefficient (Wildman–Crippen LogP) is 8.63. The van der Waals surface area contributed by atoms with E-state index in [-0.39, 0.29) is 0 Å². The Morgan fingerprint density at radius 3 is 1.85 bits per heavy atom. The molecule has 0 aliphatic heterocycles. The number of rotatable bonds is 5. The molecule has 0 spiro atoms. The molecule has 6 rings (SSSR count). The Labute approximate surface area is 235 Å². The van der Waals surface area contributed by atoms with Crippen molar-refractivity contribution in [1.29, 1.82) is 0 Å². The fourth-order valence-corrected chi connectivity index (χ4v) is 22.5. The van der Waals surface area contributed by atoms with Gasteiger partial charge in [0, 0.05) is 0 Å². The van der Waals surface area contributed by atoms with Crippen LogP contribution in [-0.4, -0.2) is 17.3 Å². The Balaban J connectivity index is 1.82. The maximum absolute atomic E-state index is 4.24. The molecule has 0 atom stereocenters. The molecule has 4 aromatic carbocycles. The van der Waals surface area contributed by atoms with Crippen LogP contribution in [0, 0.1) is 0 Å². The van der Waals surface area contributed by atoms with Gasteiger partial charge in [0.15, 0.2) is 0 Å². The van der Waals surface area contributed by atoms with E-state index in [4.69, 9.17) is 0 Å². The van der Waals surface area contributed by atoms with Crippen LogP contribution in [0.5, 0.6) is 0 Å². The molecular formula is C37H39NZr. The first-order valence-electron chi connectivity index (χ1n) is 14.2. The molecule has 0 fully saturated rings. The molecule has 4 aromatic rings. The van der Waals surface area contributed by atoms with Crippen molar-refractivity contribution < 1.29 is 18.3 Å². The molecule has 0 unspecified atom stereocenters. The molecule has 0 radical (unpaired) electrons. The van der Waals surface area contributed by atoms with Gasteiger partial charge in [0.25, 0.3) is 0 Å². The molecule has 196 valence electrons. The van der Waals surface area contributed by atoms with Gasteiger partial charge in [0.05, 0.1) is 0 Å². The summed E-state index contributed by atoms with van der Waals surface area (Å²) < 4.78 is 10.3. The van der Waals surface area contributed by atoms with Crippen LogP contribution in [0.25, 0.3) is 11.1 Å². The standard InChI is InChI=1S/C15H14N.C13H10.C7H9.2CH3.Zr/c1-16(2)14-9-5-7-12-10-11-6-3-4-8-13(11)15(12)14;1-3-7-12(8-4-1)11-13-9-5-2-6-10-13;1-6-4-3-5-7(6)2;;;/h3-6,8-9H,10H2,1-2H3;1-10H;4H,5H2,1-2H3;2*1H3;. The third-order valence-electron chi connectivity index (χ3n) is 9.59. The van der Waals surface area contributed by atoms with Crippen molar-refractivity contribution in [2.24, 2.45) is 0 Å². The van der Waals surface area contributed by atoms with E-state index in [9.17, 15) is 0 Å². The van der Waals surface area contributed by atoms with Gasteiger partial charge >= 0.3 is 236 Å². The summed E-state index contributed by atoms with van der Waals surface area (Å²) in [5, 5.41) is 0. The molecule has 2 aliphatic rings. The van der Waals surface area contributed by atoms with E-state index < -0.39 is 18.3 Å². The summed E-state index contributed by atoms with van der Waals surface area (Å²) in [6.45, 7) is 4.63. The van der Waals surface area contributed by atoms with Crippen molar-refractivity contribution in [3.63, 3.8) is 0 Å². The molecule has 0 saturated carbocycles. The maximum atomic E-state index is 2.71. The molecule has 39 heavy (non-hydrogen) atoms. The zero-order valence-corrected chi connectivity index (χ0v) is 26.6. The summed E-state index contributed by atoms with van der Waals surface area (Å²) in [6.07, 6.45) is 4.65. The molecule has 0 saturated heterocycles. The minimum absolute atomic E-state index is 1.00. The van der Waals surface area contributed by atoms with E-state index in [0.29, 0.717) is 0 Å². The van der Waals surface area contributed by atoms with E-state index in [0.717, 1.165) is 12.8 Å². The molecule has 0 aromatic heterocycles. The van der Waals surface area contributed by atoms with Gasteiger partial charge in [-0.1, -0.05) is 0 Å². The third-order valence-corrected chi connectivity index (χ3v) is 25.3. The van der Waals surface area contributed by atoms with E-state index in [1.54, 1.807) is 15.3 Å². The van der Waals surface area contributed by atoms with Gasteiger partial charge in [-0.2, -0.15) is 0 Å². The normalized spacial score (nSPS) is 14.7. The van der Waals surface area contributed by atoms with E-state index in [2.05, 4.69) is 145 Å². The minimum atomic E-state index is -4.24. The second-order valence-corrected chi connectivity index (χ2v) is 28.3. The van der Waals surface area contributed by atoms with Gasteiger partial charge in [0.2, 0.25) is 0 Å². The first-order chi connectivity index (χ1) is 18.7. The summed E-state index contributed by atoms with van der Waals surface area (Å²) >= 11 is -4.24. The fourth-order valence-electron chi connectivity index (χ4n) is 7.36. The molecule has 1 nitrogen and oxygen atoms in total. The Morgan fingerprint density at radius 1 is 0.692 bits per heavy atom. The van der Waals surface area contributed by atoms with Crippen molar-refractivity contribution in [3.05, 3.63) is 140 Å². The number of allylic oxidation sites excluding steroid dienone is 4.